The van der Waals surface area contributed by atoms with Gasteiger partial charge in [0.15, 0.2) is 0 Å². The minimum absolute atomic E-state index is 0.126. The Morgan fingerprint density at radius 2 is 1.81 bits per heavy atom. The molecule has 1 aliphatic heterocycles. The number of rotatable bonds is 5. The maximum Gasteiger partial charge on any atom is 0.225 e. The number of aromatic nitrogens is 4. The molecule has 140 valence electrons. The normalized spacial score (nSPS) is 16.6. The predicted octanol–water partition coefficient (Wildman–Crippen LogP) is 2.50. The fraction of sp³-hybridized carbons (Fsp3) is 0.421. The number of piperazine rings is 1. The van der Waals surface area contributed by atoms with Crippen molar-refractivity contribution in [3.8, 4) is 0 Å². The lowest BCUT2D eigenvalue weighted by Gasteiger charge is -2.38. The lowest BCUT2D eigenvalue weighted by atomic mass is 10.1. The Morgan fingerprint density at radius 3 is 2.52 bits per heavy atom. The number of hydrogen-bond donors (Lipinski definition) is 0. The summed E-state index contributed by atoms with van der Waals surface area (Å²) in [5, 5.41) is 0. The Bertz CT molecular complexity index is 933. The second-order valence-corrected chi connectivity index (χ2v) is 7.51. The topological polar surface area (TPSA) is 75.1 Å². The van der Waals surface area contributed by atoms with Gasteiger partial charge < -0.3 is 4.90 Å². The van der Waals surface area contributed by atoms with Gasteiger partial charge in [-0.1, -0.05) is 6.07 Å². The molecule has 1 aliphatic rings. The van der Waals surface area contributed by atoms with Gasteiger partial charge >= 0.3 is 0 Å². The molecule has 1 unspecified atom stereocenters. The number of hydrogen-bond acceptors (Lipinski definition) is 8. The van der Waals surface area contributed by atoms with E-state index in [9.17, 15) is 4.79 Å². The van der Waals surface area contributed by atoms with Crippen LogP contribution < -0.4 is 4.90 Å². The minimum atomic E-state index is 0.126. The highest BCUT2D eigenvalue weighted by Crippen LogP contribution is 2.25. The summed E-state index contributed by atoms with van der Waals surface area (Å²) in [4.78, 5) is 24.8. The summed E-state index contributed by atoms with van der Waals surface area (Å²) < 4.78 is 8.62. The Kier molecular flexibility index (Phi) is 5.09. The number of carbonyl (C=O) groups excluding carboxylic acids is 1. The Hall–Kier alpha value is -2.45. The lowest BCUT2D eigenvalue weighted by molar-refractivity contribution is -0.116. The molecule has 4 rings (SSSR count). The first-order chi connectivity index (χ1) is 13.1. The zero-order valence-corrected chi connectivity index (χ0v) is 16.3. The van der Waals surface area contributed by atoms with E-state index in [0.717, 1.165) is 48.7 Å². The summed E-state index contributed by atoms with van der Waals surface area (Å²) in [6.45, 7) is 7.49. The van der Waals surface area contributed by atoms with E-state index in [1.165, 1.54) is 17.3 Å². The standard InChI is InChI=1S/C19H22N6OS/c1-13(26)9-15-11-20-19(21-12-15)25-7-5-24(6-8-25)14(2)16-3-4-17-18(10-16)23-27-22-17/h3-4,10-12,14H,5-9H2,1-2H3. The van der Waals surface area contributed by atoms with E-state index in [1.807, 2.05) is 0 Å². The fourth-order valence-corrected chi connectivity index (χ4v) is 3.99. The molecule has 0 bridgehead atoms. The largest absolute Gasteiger partial charge is 0.338 e. The second kappa shape index (κ2) is 7.66. The number of nitrogens with zero attached hydrogens (tertiary/aromatic N) is 6. The molecule has 0 radical (unpaired) electrons. The van der Waals surface area contributed by atoms with E-state index >= 15 is 0 Å². The van der Waals surface area contributed by atoms with Gasteiger partial charge in [-0.3, -0.25) is 9.69 Å². The highest BCUT2D eigenvalue weighted by Gasteiger charge is 2.23. The summed E-state index contributed by atoms with van der Waals surface area (Å²) >= 11 is 1.26. The van der Waals surface area contributed by atoms with Crippen LogP contribution in [0.1, 0.15) is 31.0 Å². The van der Waals surface area contributed by atoms with Crippen LogP contribution in [0.5, 0.6) is 0 Å². The molecule has 0 amide bonds. The SMILES string of the molecule is CC(=O)Cc1cnc(N2CCN(C(C)c3ccc4nsnc4c3)CC2)nc1. The number of anilines is 1. The van der Waals surface area contributed by atoms with Crippen molar-refractivity contribution in [3.05, 3.63) is 41.7 Å². The molecule has 1 saturated heterocycles. The zero-order chi connectivity index (χ0) is 18.8. The maximum atomic E-state index is 11.2. The summed E-state index contributed by atoms with van der Waals surface area (Å²) in [5.41, 5.74) is 4.08. The van der Waals surface area contributed by atoms with E-state index in [4.69, 9.17) is 0 Å². The van der Waals surface area contributed by atoms with Gasteiger partial charge in [-0.15, -0.1) is 0 Å². The highest BCUT2D eigenvalue weighted by molar-refractivity contribution is 7.00. The fourth-order valence-electron chi connectivity index (χ4n) is 3.47. The van der Waals surface area contributed by atoms with Crippen molar-refractivity contribution < 1.29 is 4.79 Å². The van der Waals surface area contributed by atoms with Crippen LogP contribution in [-0.4, -0.2) is 55.6 Å². The molecule has 3 aromatic rings. The average molecular weight is 382 g/mol. The van der Waals surface area contributed by atoms with Crippen molar-refractivity contribution in [2.75, 3.05) is 31.1 Å². The summed E-state index contributed by atoms with van der Waals surface area (Å²) in [6.07, 6.45) is 3.91. The zero-order valence-electron chi connectivity index (χ0n) is 15.5. The van der Waals surface area contributed by atoms with Gasteiger partial charge in [0.25, 0.3) is 0 Å². The van der Waals surface area contributed by atoms with Gasteiger partial charge in [0.1, 0.15) is 16.8 Å². The third kappa shape index (κ3) is 3.96. The van der Waals surface area contributed by atoms with Crippen LogP contribution >= 0.6 is 11.7 Å². The Morgan fingerprint density at radius 1 is 1.11 bits per heavy atom. The average Bonchev–Trinajstić information content (AvgIpc) is 3.15. The monoisotopic (exact) mass is 382 g/mol. The van der Waals surface area contributed by atoms with Crippen LogP contribution in [0.15, 0.2) is 30.6 Å². The number of ketones is 1. The van der Waals surface area contributed by atoms with Crippen LogP contribution in [0.3, 0.4) is 0 Å². The third-order valence-electron chi connectivity index (χ3n) is 5.05. The van der Waals surface area contributed by atoms with Gasteiger partial charge in [-0.25, -0.2) is 9.97 Å². The molecule has 0 spiro atoms. The molecule has 1 aromatic carbocycles. The molecule has 3 heterocycles. The van der Waals surface area contributed by atoms with Crippen molar-refractivity contribution >= 4 is 34.5 Å². The van der Waals surface area contributed by atoms with Crippen molar-refractivity contribution in [2.45, 2.75) is 26.3 Å². The van der Waals surface area contributed by atoms with Crippen LogP contribution in [0, 0.1) is 0 Å². The van der Waals surface area contributed by atoms with Crippen molar-refractivity contribution in [1.82, 2.24) is 23.6 Å². The first kappa shape index (κ1) is 17.9. The van der Waals surface area contributed by atoms with Gasteiger partial charge in [-0.2, -0.15) is 8.75 Å². The van der Waals surface area contributed by atoms with Gasteiger partial charge in [-0.05, 0) is 37.1 Å². The lowest BCUT2D eigenvalue weighted by Crippen LogP contribution is -2.47. The van der Waals surface area contributed by atoms with Crippen LogP contribution in [0.25, 0.3) is 11.0 Å². The Balaban J connectivity index is 1.38. The molecular formula is C19H22N6OS. The molecule has 1 fully saturated rings. The molecule has 0 saturated carbocycles. The molecular weight excluding hydrogens is 360 g/mol. The first-order valence-corrected chi connectivity index (χ1v) is 9.85. The number of carbonyl (C=O) groups is 1. The summed E-state index contributed by atoms with van der Waals surface area (Å²) in [5.74, 6) is 0.866. The van der Waals surface area contributed by atoms with Crippen LogP contribution in [0.2, 0.25) is 0 Å². The third-order valence-corrected chi connectivity index (χ3v) is 5.61. The summed E-state index contributed by atoms with van der Waals surface area (Å²) in [7, 11) is 0. The number of benzene rings is 1. The second-order valence-electron chi connectivity index (χ2n) is 6.98. The van der Waals surface area contributed by atoms with E-state index in [0.29, 0.717) is 12.5 Å². The van der Waals surface area contributed by atoms with Gasteiger partial charge in [0.05, 0.1) is 11.7 Å². The predicted molar refractivity (Wildman–Crippen MR) is 106 cm³/mol. The number of Topliss-reactive ketones (excluding diaryl/α,β-unsaturated/α-hetero) is 1. The molecule has 1 atom stereocenters. The molecule has 8 heteroatoms. The molecule has 0 aliphatic carbocycles. The van der Waals surface area contributed by atoms with E-state index in [-0.39, 0.29) is 5.78 Å². The molecule has 7 nitrogen and oxygen atoms in total. The smallest absolute Gasteiger partial charge is 0.225 e. The maximum absolute atomic E-state index is 11.2. The minimum Gasteiger partial charge on any atom is -0.338 e. The quantitative estimate of drug-likeness (QED) is 0.671. The molecule has 2 aromatic heterocycles. The van der Waals surface area contributed by atoms with E-state index in [1.54, 1.807) is 19.3 Å². The highest BCUT2D eigenvalue weighted by atomic mass is 32.1. The van der Waals surface area contributed by atoms with E-state index < -0.39 is 0 Å². The number of fused-ring (bicyclic) bond motifs is 1. The molecule has 0 N–H and O–H groups in total. The molecule has 27 heavy (non-hydrogen) atoms. The Labute approximate surface area is 162 Å². The van der Waals surface area contributed by atoms with Crippen molar-refractivity contribution in [2.24, 2.45) is 0 Å². The van der Waals surface area contributed by atoms with Gasteiger partial charge in [0.2, 0.25) is 5.95 Å². The first-order valence-electron chi connectivity index (χ1n) is 9.12. The van der Waals surface area contributed by atoms with Crippen LogP contribution in [-0.2, 0) is 11.2 Å². The van der Waals surface area contributed by atoms with E-state index in [2.05, 4.69) is 53.6 Å². The van der Waals surface area contributed by atoms with Crippen molar-refractivity contribution in [1.29, 1.82) is 0 Å². The summed E-state index contributed by atoms with van der Waals surface area (Å²) in [6, 6.07) is 6.68. The van der Waals surface area contributed by atoms with Crippen molar-refractivity contribution in [3.63, 3.8) is 0 Å². The van der Waals surface area contributed by atoms with Gasteiger partial charge in [0, 0.05) is 51.0 Å². The van der Waals surface area contributed by atoms with Crippen LogP contribution in [0.4, 0.5) is 5.95 Å².